The van der Waals surface area contributed by atoms with Crippen molar-refractivity contribution >= 4 is 23.2 Å². The minimum absolute atomic E-state index is 0.145. The van der Waals surface area contributed by atoms with Gasteiger partial charge in [-0.05, 0) is 24.6 Å². The predicted octanol–water partition coefficient (Wildman–Crippen LogP) is 4.54. The van der Waals surface area contributed by atoms with Crippen molar-refractivity contribution in [2.45, 2.75) is 45.8 Å². The zero-order valence-corrected chi connectivity index (χ0v) is 12.7. The Balaban J connectivity index is 2.63. The Hall–Kier alpha value is -0.440. The van der Waals surface area contributed by atoms with Crippen LogP contribution < -0.4 is 10.1 Å². The van der Waals surface area contributed by atoms with Crippen LogP contribution in [0.4, 0.5) is 0 Å². The Bertz CT molecular complexity index is 349. The summed E-state index contributed by atoms with van der Waals surface area (Å²) in [5.41, 5.74) is 0. The molecule has 1 N–H and O–H groups in total. The molecule has 0 spiro atoms. The van der Waals surface area contributed by atoms with Crippen LogP contribution in [0.1, 0.15) is 33.6 Å². The van der Waals surface area contributed by atoms with Gasteiger partial charge in [-0.15, -0.1) is 0 Å². The third kappa shape index (κ3) is 5.94. The summed E-state index contributed by atoms with van der Waals surface area (Å²) in [5.74, 6) is 0.733. The number of hydrogen-bond acceptors (Lipinski definition) is 2. The zero-order valence-electron chi connectivity index (χ0n) is 11.2. The normalized spacial score (nSPS) is 12.8. The van der Waals surface area contributed by atoms with E-state index >= 15 is 0 Å². The molecule has 18 heavy (non-hydrogen) atoms. The van der Waals surface area contributed by atoms with Crippen LogP contribution in [0.15, 0.2) is 18.2 Å². The molecule has 0 saturated heterocycles. The Kier molecular flexibility index (Phi) is 6.83. The van der Waals surface area contributed by atoms with Crippen LogP contribution in [0.5, 0.6) is 5.75 Å². The Morgan fingerprint density at radius 3 is 2.28 bits per heavy atom. The second-order valence-corrected chi connectivity index (χ2v) is 5.57. The van der Waals surface area contributed by atoms with Crippen LogP contribution in [0.3, 0.4) is 0 Å². The van der Waals surface area contributed by atoms with E-state index in [1.807, 2.05) is 0 Å². The monoisotopic (exact) mass is 289 g/mol. The van der Waals surface area contributed by atoms with Gasteiger partial charge in [-0.25, -0.2) is 0 Å². The molecule has 2 nitrogen and oxygen atoms in total. The average Bonchev–Trinajstić information content (AvgIpc) is 2.24. The first-order valence-electron chi connectivity index (χ1n) is 6.37. The first-order valence-corrected chi connectivity index (χ1v) is 7.13. The van der Waals surface area contributed by atoms with Gasteiger partial charge in [-0.1, -0.05) is 50.4 Å². The Labute approximate surface area is 120 Å². The van der Waals surface area contributed by atoms with E-state index in [4.69, 9.17) is 27.9 Å². The summed E-state index contributed by atoms with van der Waals surface area (Å²) in [5, 5.41) is 4.59. The summed E-state index contributed by atoms with van der Waals surface area (Å²) in [4.78, 5) is 0. The summed E-state index contributed by atoms with van der Waals surface area (Å²) in [6, 6.07) is 5.75. The van der Waals surface area contributed by atoms with Crippen LogP contribution in [0.25, 0.3) is 0 Å². The minimum atomic E-state index is 0.145. The fourth-order valence-corrected chi connectivity index (χ4v) is 2.19. The molecule has 0 aliphatic heterocycles. The van der Waals surface area contributed by atoms with Crippen molar-refractivity contribution in [3.05, 3.63) is 28.2 Å². The fraction of sp³-hybridized carbons (Fsp3) is 0.571. The first-order chi connectivity index (χ1) is 8.51. The van der Waals surface area contributed by atoms with Crippen molar-refractivity contribution in [3.63, 3.8) is 0 Å². The highest BCUT2D eigenvalue weighted by molar-refractivity contribution is 6.34. The van der Waals surface area contributed by atoms with Gasteiger partial charge >= 0.3 is 0 Å². The van der Waals surface area contributed by atoms with Gasteiger partial charge in [0.2, 0.25) is 0 Å². The molecule has 0 amide bonds. The van der Waals surface area contributed by atoms with E-state index in [9.17, 15) is 0 Å². The number of hydrogen-bond donors (Lipinski definition) is 1. The highest BCUT2D eigenvalue weighted by Crippen LogP contribution is 2.25. The van der Waals surface area contributed by atoms with Gasteiger partial charge in [0.05, 0.1) is 0 Å². The number of ether oxygens (including phenoxy) is 1. The van der Waals surface area contributed by atoms with E-state index in [2.05, 4.69) is 26.1 Å². The molecule has 0 radical (unpaired) electrons. The van der Waals surface area contributed by atoms with Crippen molar-refractivity contribution in [2.24, 2.45) is 0 Å². The highest BCUT2D eigenvalue weighted by atomic mass is 35.5. The summed E-state index contributed by atoms with van der Waals surface area (Å²) >= 11 is 11.9. The molecule has 1 aromatic carbocycles. The molecule has 0 heterocycles. The third-order valence-corrected chi connectivity index (χ3v) is 2.94. The van der Waals surface area contributed by atoms with E-state index in [0.29, 0.717) is 16.1 Å². The van der Waals surface area contributed by atoms with E-state index < -0.39 is 0 Å². The van der Waals surface area contributed by atoms with Gasteiger partial charge in [0, 0.05) is 22.6 Å². The topological polar surface area (TPSA) is 21.3 Å². The van der Waals surface area contributed by atoms with Gasteiger partial charge in [0.25, 0.3) is 0 Å². The standard InChI is InChI=1S/C14H21Cl2NO/c1-4-5-13(9-17-10(2)3)18-14-7-11(15)6-12(16)8-14/h6-8,10,13,17H,4-5,9H2,1-3H3. The Morgan fingerprint density at radius 1 is 1.17 bits per heavy atom. The second kappa shape index (κ2) is 7.88. The van der Waals surface area contributed by atoms with Crippen LogP contribution in [0.2, 0.25) is 10.0 Å². The van der Waals surface area contributed by atoms with Gasteiger partial charge in [0.15, 0.2) is 0 Å². The van der Waals surface area contributed by atoms with Crippen LogP contribution in [-0.2, 0) is 0 Å². The lowest BCUT2D eigenvalue weighted by Gasteiger charge is -2.21. The van der Waals surface area contributed by atoms with Crippen molar-refractivity contribution in [3.8, 4) is 5.75 Å². The molecular weight excluding hydrogens is 269 g/mol. The maximum absolute atomic E-state index is 5.96. The number of rotatable bonds is 7. The summed E-state index contributed by atoms with van der Waals surface area (Å²) < 4.78 is 5.94. The molecule has 102 valence electrons. The van der Waals surface area contributed by atoms with Crippen LogP contribution >= 0.6 is 23.2 Å². The minimum Gasteiger partial charge on any atom is -0.489 e. The van der Waals surface area contributed by atoms with E-state index in [1.54, 1.807) is 18.2 Å². The third-order valence-electron chi connectivity index (χ3n) is 2.50. The van der Waals surface area contributed by atoms with Crippen molar-refractivity contribution < 1.29 is 4.74 Å². The molecule has 0 aromatic heterocycles. The molecule has 1 aromatic rings. The van der Waals surface area contributed by atoms with Crippen molar-refractivity contribution in [1.82, 2.24) is 5.32 Å². The average molecular weight is 290 g/mol. The molecule has 4 heteroatoms. The molecule has 0 fully saturated rings. The lowest BCUT2D eigenvalue weighted by molar-refractivity contribution is 0.183. The molecule has 0 bridgehead atoms. The Morgan fingerprint density at radius 2 is 1.78 bits per heavy atom. The fourth-order valence-electron chi connectivity index (χ4n) is 1.68. The van der Waals surface area contributed by atoms with Crippen molar-refractivity contribution in [2.75, 3.05) is 6.54 Å². The lowest BCUT2D eigenvalue weighted by atomic mass is 10.2. The summed E-state index contributed by atoms with van der Waals surface area (Å²) in [6.07, 6.45) is 2.23. The van der Waals surface area contributed by atoms with Gasteiger partial charge in [0.1, 0.15) is 11.9 Å². The molecule has 1 rings (SSSR count). The van der Waals surface area contributed by atoms with Crippen molar-refractivity contribution in [1.29, 1.82) is 0 Å². The molecule has 1 unspecified atom stereocenters. The van der Waals surface area contributed by atoms with Crippen LogP contribution in [-0.4, -0.2) is 18.7 Å². The van der Waals surface area contributed by atoms with Gasteiger partial charge in [-0.2, -0.15) is 0 Å². The van der Waals surface area contributed by atoms with E-state index in [-0.39, 0.29) is 6.10 Å². The highest BCUT2D eigenvalue weighted by Gasteiger charge is 2.11. The second-order valence-electron chi connectivity index (χ2n) is 4.70. The summed E-state index contributed by atoms with van der Waals surface area (Å²) in [6.45, 7) is 7.23. The summed E-state index contributed by atoms with van der Waals surface area (Å²) in [7, 11) is 0. The van der Waals surface area contributed by atoms with Gasteiger partial charge in [-0.3, -0.25) is 0 Å². The number of halogens is 2. The quantitative estimate of drug-likeness (QED) is 0.796. The van der Waals surface area contributed by atoms with E-state index in [0.717, 1.165) is 25.1 Å². The maximum Gasteiger partial charge on any atom is 0.122 e. The lowest BCUT2D eigenvalue weighted by Crippen LogP contribution is -2.35. The number of nitrogens with one attached hydrogen (secondary N) is 1. The molecule has 0 saturated carbocycles. The largest absolute Gasteiger partial charge is 0.489 e. The predicted molar refractivity (Wildman–Crippen MR) is 78.9 cm³/mol. The molecule has 0 aliphatic rings. The smallest absolute Gasteiger partial charge is 0.122 e. The van der Waals surface area contributed by atoms with Gasteiger partial charge < -0.3 is 10.1 Å². The maximum atomic E-state index is 5.96. The van der Waals surface area contributed by atoms with E-state index in [1.165, 1.54) is 0 Å². The zero-order chi connectivity index (χ0) is 13.5. The molecular formula is C14H21Cl2NO. The SMILES string of the molecule is CCCC(CNC(C)C)Oc1cc(Cl)cc(Cl)c1. The number of benzene rings is 1. The molecule has 0 aliphatic carbocycles. The molecule has 1 atom stereocenters. The first kappa shape index (κ1) is 15.6. The van der Waals surface area contributed by atoms with Crippen LogP contribution in [0, 0.1) is 0 Å².